The van der Waals surface area contributed by atoms with Crippen LogP contribution < -0.4 is 14.4 Å². The molecule has 1 heterocycles. The molecule has 1 N–H and O–H groups in total. The van der Waals surface area contributed by atoms with Gasteiger partial charge in [-0.05, 0) is 36.4 Å². The molecule has 6 nitrogen and oxygen atoms in total. The molecule has 3 aromatic carbocycles. The van der Waals surface area contributed by atoms with E-state index in [0.29, 0.717) is 28.3 Å². The summed E-state index contributed by atoms with van der Waals surface area (Å²) in [5.41, 5.74) is 1.08. The number of methoxy groups -OCH3 is 2. The number of benzene rings is 3. The highest BCUT2D eigenvalue weighted by molar-refractivity contribution is 6.51. The van der Waals surface area contributed by atoms with E-state index in [0.717, 1.165) is 0 Å². The number of carbonyl (C=O) groups is 2. The van der Waals surface area contributed by atoms with Crippen LogP contribution in [0.3, 0.4) is 0 Å². The molecule has 32 heavy (non-hydrogen) atoms. The summed E-state index contributed by atoms with van der Waals surface area (Å²) in [5, 5.41) is 11.1. The SMILES string of the molecule is COc1ccc([C@H]2/C(=C(\O)c3ccccc3)C(=O)C(=O)N2c2ccc(F)cc2)c(OC)c1. The van der Waals surface area contributed by atoms with Gasteiger partial charge in [-0.15, -0.1) is 0 Å². The lowest BCUT2D eigenvalue weighted by Gasteiger charge is -2.27. The molecule has 0 aliphatic carbocycles. The van der Waals surface area contributed by atoms with Crippen LogP contribution in [0, 0.1) is 5.82 Å². The molecule has 1 aliphatic heterocycles. The minimum atomic E-state index is -0.999. The summed E-state index contributed by atoms with van der Waals surface area (Å²) < 4.78 is 24.3. The first kappa shape index (κ1) is 21.1. The van der Waals surface area contributed by atoms with Gasteiger partial charge >= 0.3 is 0 Å². The smallest absolute Gasteiger partial charge is 0.300 e. The number of hydrogen-bond acceptors (Lipinski definition) is 5. The molecule has 0 aromatic heterocycles. The van der Waals surface area contributed by atoms with Gasteiger partial charge in [0.05, 0.1) is 25.8 Å². The Labute approximate surface area is 184 Å². The molecule has 1 saturated heterocycles. The standard InChI is InChI=1S/C25H20FNO5/c1-31-18-12-13-19(20(14-18)32-2)22-21(23(28)15-6-4-3-5-7-15)24(29)25(30)27(22)17-10-8-16(26)9-11-17/h3-14,22,28H,1-2H3/b23-21+/t22-/m0/s1. The van der Waals surface area contributed by atoms with Crippen LogP contribution in [-0.2, 0) is 9.59 Å². The third-order valence-corrected chi connectivity index (χ3v) is 5.33. The van der Waals surface area contributed by atoms with E-state index in [1.807, 2.05) is 0 Å². The normalized spacial score (nSPS) is 17.5. The first-order valence-electron chi connectivity index (χ1n) is 9.80. The molecule has 0 bridgehead atoms. The van der Waals surface area contributed by atoms with Crippen molar-refractivity contribution >= 4 is 23.1 Å². The molecular weight excluding hydrogens is 413 g/mol. The Morgan fingerprint density at radius 2 is 1.62 bits per heavy atom. The van der Waals surface area contributed by atoms with E-state index >= 15 is 0 Å². The fourth-order valence-electron chi connectivity index (χ4n) is 3.79. The van der Waals surface area contributed by atoms with Gasteiger partial charge in [0.1, 0.15) is 23.1 Å². The van der Waals surface area contributed by atoms with Crippen LogP contribution in [0.4, 0.5) is 10.1 Å². The van der Waals surface area contributed by atoms with Gasteiger partial charge in [-0.2, -0.15) is 0 Å². The Morgan fingerprint density at radius 1 is 0.938 bits per heavy atom. The quantitative estimate of drug-likeness (QED) is 0.365. The molecule has 3 aromatic rings. The van der Waals surface area contributed by atoms with Crippen molar-refractivity contribution in [3.05, 3.63) is 95.3 Å². The van der Waals surface area contributed by atoms with Gasteiger partial charge in [0.15, 0.2) is 0 Å². The molecule has 0 saturated carbocycles. The topological polar surface area (TPSA) is 76.1 Å². The summed E-state index contributed by atoms with van der Waals surface area (Å²) in [6.07, 6.45) is 0. The zero-order valence-corrected chi connectivity index (χ0v) is 17.4. The Hall–Kier alpha value is -4.13. The van der Waals surface area contributed by atoms with Gasteiger partial charge in [-0.3, -0.25) is 14.5 Å². The van der Waals surface area contributed by atoms with Crippen LogP contribution in [0.1, 0.15) is 17.2 Å². The molecule has 1 aliphatic rings. The molecule has 1 atom stereocenters. The average Bonchev–Trinajstić information content (AvgIpc) is 3.09. The van der Waals surface area contributed by atoms with Crippen LogP contribution in [0.5, 0.6) is 11.5 Å². The van der Waals surface area contributed by atoms with Crippen molar-refractivity contribution in [1.82, 2.24) is 0 Å². The molecule has 0 spiro atoms. The molecular formula is C25H20FNO5. The lowest BCUT2D eigenvalue weighted by molar-refractivity contribution is -0.132. The maximum absolute atomic E-state index is 13.5. The minimum Gasteiger partial charge on any atom is -0.507 e. The van der Waals surface area contributed by atoms with Crippen LogP contribution in [0.25, 0.3) is 5.76 Å². The fraction of sp³-hybridized carbons (Fsp3) is 0.120. The summed E-state index contributed by atoms with van der Waals surface area (Å²) in [5.74, 6) is -1.59. The van der Waals surface area contributed by atoms with Gasteiger partial charge in [-0.1, -0.05) is 30.3 Å². The van der Waals surface area contributed by atoms with Crippen molar-refractivity contribution < 1.29 is 28.6 Å². The number of amides is 1. The van der Waals surface area contributed by atoms with Gasteiger partial charge < -0.3 is 14.6 Å². The number of halogens is 1. The molecule has 0 radical (unpaired) electrons. The number of ether oxygens (including phenoxy) is 2. The molecule has 0 unspecified atom stereocenters. The maximum atomic E-state index is 13.5. The molecule has 4 rings (SSSR count). The second-order valence-corrected chi connectivity index (χ2v) is 7.12. The molecule has 1 fully saturated rings. The highest BCUT2D eigenvalue weighted by atomic mass is 19.1. The lowest BCUT2D eigenvalue weighted by atomic mass is 9.94. The zero-order chi connectivity index (χ0) is 22.8. The Balaban J connectivity index is 1.99. The Kier molecular flexibility index (Phi) is 5.64. The van der Waals surface area contributed by atoms with Crippen LogP contribution in [0.15, 0.2) is 78.4 Å². The van der Waals surface area contributed by atoms with Crippen molar-refractivity contribution in [3.63, 3.8) is 0 Å². The third kappa shape index (κ3) is 3.58. The number of aliphatic hydroxyl groups excluding tert-OH is 1. The Bertz CT molecular complexity index is 1200. The van der Waals surface area contributed by atoms with E-state index in [1.165, 1.54) is 43.4 Å². The van der Waals surface area contributed by atoms with E-state index in [-0.39, 0.29) is 11.3 Å². The number of aliphatic hydroxyl groups is 1. The van der Waals surface area contributed by atoms with Crippen molar-refractivity contribution in [2.75, 3.05) is 19.1 Å². The first-order chi connectivity index (χ1) is 15.5. The van der Waals surface area contributed by atoms with E-state index in [4.69, 9.17) is 9.47 Å². The minimum absolute atomic E-state index is 0.0889. The first-order valence-corrected chi connectivity index (χ1v) is 9.80. The Morgan fingerprint density at radius 3 is 2.25 bits per heavy atom. The molecule has 1 amide bonds. The average molecular weight is 433 g/mol. The van der Waals surface area contributed by atoms with Gasteiger partial charge in [-0.25, -0.2) is 4.39 Å². The second kappa shape index (κ2) is 8.55. The lowest BCUT2D eigenvalue weighted by Crippen LogP contribution is -2.29. The summed E-state index contributed by atoms with van der Waals surface area (Å²) in [6.45, 7) is 0. The van der Waals surface area contributed by atoms with Crippen molar-refractivity contribution in [1.29, 1.82) is 0 Å². The largest absolute Gasteiger partial charge is 0.507 e. The van der Waals surface area contributed by atoms with Crippen LogP contribution in [0.2, 0.25) is 0 Å². The number of anilines is 1. The van der Waals surface area contributed by atoms with Gasteiger partial charge in [0.25, 0.3) is 11.7 Å². The fourth-order valence-corrected chi connectivity index (χ4v) is 3.79. The van der Waals surface area contributed by atoms with Gasteiger partial charge in [0.2, 0.25) is 0 Å². The molecule has 7 heteroatoms. The van der Waals surface area contributed by atoms with Crippen molar-refractivity contribution in [3.8, 4) is 11.5 Å². The number of ketones is 1. The van der Waals surface area contributed by atoms with Crippen molar-refractivity contribution in [2.45, 2.75) is 6.04 Å². The third-order valence-electron chi connectivity index (χ3n) is 5.33. The van der Waals surface area contributed by atoms with Crippen LogP contribution in [-0.4, -0.2) is 31.0 Å². The monoisotopic (exact) mass is 433 g/mol. The van der Waals surface area contributed by atoms with E-state index in [2.05, 4.69) is 0 Å². The zero-order valence-electron chi connectivity index (χ0n) is 17.4. The van der Waals surface area contributed by atoms with Crippen molar-refractivity contribution in [2.24, 2.45) is 0 Å². The number of carbonyl (C=O) groups excluding carboxylic acids is 2. The predicted octanol–water partition coefficient (Wildman–Crippen LogP) is 4.47. The van der Waals surface area contributed by atoms with Crippen LogP contribution >= 0.6 is 0 Å². The number of nitrogens with zero attached hydrogens (tertiary/aromatic N) is 1. The maximum Gasteiger partial charge on any atom is 0.300 e. The summed E-state index contributed by atoms with van der Waals surface area (Å²) in [6, 6.07) is 17.7. The number of hydrogen-bond donors (Lipinski definition) is 1. The highest BCUT2D eigenvalue weighted by Gasteiger charge is 2.48. The second-order valence-electron chi connectivity index (χ2n) is 7.12. The number of Topliss-reactive ketones (excluding diaryl/α,β-unsaturated/α-hetero) is 1. The summed E-state index contributed by atoms with van der Waals surface area (Å²) in [4.78, 5) is 27.5. The van der Waals surface area contributed by atoms with E-state index in [9.17, 15) is 19.1 Å². The highest BCUT2D eigenvalue weighted by Crippen LogP contribution is 2.45. The van der Waals surface area contributed by atoms with E-state index in [1.54, 1.807) is 48.5 Å². The predicted molar refractivity (Wildman–Crippen MR) is 117 cm³/mol. The molecule has 162 valence electrons. The number of rotatable bonds is 5. The summed E-state index contributed by atoms with van der Waals surface area (Å²) >= 11 is 0. The summed E-state index contributed by atoms with van der Waals surface area (Å²) in [7, 11) is 2.97. The van der Waals surface area contributed by atoms with Gasteiger partial charge in [0, 0.05) is 22.9 Å². The van der Waals surface area contributed by atoms with E-state index < -0.39 is 23.5 Å².